The van der Waals surface area contributed by atoms with Crippen LogP contribution in [0.5, 0.6) is 11.5 Å². The van der Waals surface area contributed by atoms with Gasteiger partial charge in [0.1, 0.15) is 11.5 Å². The van der Waals surface area contributed by atoms with E-state index in [0.29, 0.717) is 17.0 Å². The molecule has 8 heteroatoms. The van der Waals surface area contributed by atoms with Gasteiger partial charge in [0.15, 0.2) is 0 Å². The van der Waals surface area contributed by atoms with Crippen molar-refractivity contribution in [1.82, 2.24) is 10.3 Å². The molecule has 31 heavy (non-hydrogen) atoms. The second-order valence-corrected chi connectivity index (χ2v) is 7.33. The molecule has 0 aliphatic heterocycles. The lowest BCUT2D eigenvalue weighted by Gasteiger charge is -2.19. The van der Waals surface area contributed by atoms with Gasteiger partial charge in [-0.25, -0.2) is 0 Å². The van der Waals surface area contributed by atoms with Crippen LogP contribution in [0, 0.1) is 0 Å². The average Bonchev–Trinajstić information content (AvgIpc) is 3.54. The number of hydrogen-bond acceptors (Lipinski definition) is 5. The van der Waals surface area contributed by atoms with E-state index in [4.69, 9.17) is 10.5 Å². The van der Waals surface area contributed by atoms with Crippen LogP contribution >= 0.6 is 0 Å². The number of methoxy groups -OCH3 is 1. The number of aromatic nitrogens is 1. The standard InChI is InChI=1S/C23H21F2N3O3/c1-30-17-8-4-15(5-9-17)21(29)28-23(10-11-23)16-6-2-14(3-7-16)20-19(26)12-18(13-27-20)31-22(24)25/h2-9,12-13,22H,10-11,26H2,1H3,(H,28,29). The first kappa shape index (κ1) is 20.6. The number of anilines is 1. The second kappa shape index (κ2) is 8.22. The van der Waals surface area contributed by atoms with Gasteiger partial charge in [0.25, 0.3) is 5.91 Å². The first-order valence-electron chi connectivity index (χ1n) is 9.68. The summed E-state index contributed by atoms with van der Waals surface area (Å²) < 4.78 is 34.1. The van der Waals surface area contributed by atoms with E-state index >= 15 is 0 Å². The van der Waals surface area contributed by atoms with Crippen LogP contribution in [0.15, 0.2) is 60.8 Å². The highest BCUT2D eigenvalue weighted by Gasteiger charge is 2.45. The van der Waals surface area contributed by atoms with Gasteiger partial charge in [-0.2, -0.15) is 8.78 Å². The van der Waals surface area contributed by atoms with Gasteiger partial charge in [-0.3, -0.25) is 9.78 Å². The molecule has 2 aromatic carbocycles. The Morgan fingerprint density at radius 3 is 2.32 bits per heavy atom. The van der Waals surface area contributed by atoms with Gasteiger partial charge in [0.05, 0.1) is 30.2 Å². The van der Waals surface area contributed by atoms with Crippen LogP contribution < -0.4 is 20.5 Å². The summed E-state index contributed by atoms with van der Waals surface area (Å²) in [6.07, 6.45) is 2.89. The molecule has 4 rings (SSSR count). The van der Waals surface area contributed by atoms with Crippen LogP contribution in [0.1, 0.15) is 28.8 Å². The number of nitrogens with one attached hydrogen (secondary N) is 1. The van der Waals surface area contributed by atoms with Gasteiger partial charge < -0.3 is 20.5 Å². The molecule has 1 aromatic heterocycles. The molecular weight excluding hydrogens is 404 g/mol. The number of hydrogen-bond donors (Lipinski definition) is 2. The van der Waals surface area contributed by atoms with E-state index in [1.807, 2.05) is 24.3 Å². The third-order valence-corrected chi connectivity index (χ3v) is 5.28. The van der Waals surface area contributed by atoms with Crippen molar-refractivity contribution in [1.29, 1.82) is 0 Å². The van der Waals surface area contributed by atoms with Crippen molar-refractivity contribution in [3.8, 4) is 22.8 Å². The summed E-state index contributed by atoms with van der Waals surface area (Å²) in [5.74, 6) is 0.450. The van der Waals surface area contributed by atoms with Crippen LogP contribution in [-0.4, -0.2) is 24.6 Å². The molecule has 160 valence electrons. The van der Waals surface area contributed by atoms with E-state index in [2.05, 4.69) is 15.0 Å². The predicted octanol–water partition coefficient (Wildman–Crippen LogP) is 4.36. The maximum Gasteiger partial charge on any atom is 0.387 e. The first-order chi connectivity index (χ1) is 14.9. The summed E-state index contributed by atoms with van der Waals surface area (Å²) in [6, 6.07) is 15.8. The zero-order valence-corrected chi connectivity index (χ0v) is 16.8. The fourth-order valence-electron chi connectivity index (χ4n) is 3.46. The molecule has 0 unspecified atom stereocenters. The molecule has 3 N–H and O–H groups in total. The van der Waals surface area contributed by atoms with Gasteiger partial charge in [-0.15, -0.1) is 0 Å². The highest BCUT2D eigenvalue weighted by molar-refractivity contribution is 5.95. The van der Waals surface area contributed by atoms with E-state index in [-0.39, 0.29) is 17.3 Å². The van der Waals surface area contributed by atoms with Gasteiger partial charge >= 0.3 is 6.61 Å². The second-order valence-electron chi connectivity index (χ2n) is 7.33. The van der Waals surface area contributed by atoms with E-state index in [1.165, 1.54) is 12.3 Å². The smallest absolute Gasteiger partial charge is 0.387 e. The molecule has 0 saturated heterocycles. The van der Waals surface area contributed by atoms with Crippen molar-refractivity contribution >= 4 is 11.6 Å². The van der Waals surface area contributed by atoms with Crippen molar-refractivity contribution in [2.75, 3.05) is 12.8 Å². The zero-order valence-electron chi connectivity index (χ0n) is 16.8. The van der Waals surface area contributed by atoms with Crippen LogP contribution in [-0.2, 0) is 5.54 Å². The molecule has 1 aliphatic carbocycles. The molecule has 0 atom stereocenters. The third-order valence-electron chi connectivity index (χ3n) is 5.28. The molecule has 1 amide bonds. The Kier molecular flexibility index (Phi) is 5.46. The maximum atomic E-state index is 12.7. The number of nitrogen functional groups attached to an aromatic ring is 1. The number of amides is 1. The maximum absolute atomic E-state index is 12.7. The van der Waals surface area contributed by atoms with E-state index < -0.39 is 12.2 Å². The van der Waals surface area contributed by atoms with Crippen molar-refractivity contribution in [3.05, 3.63) is 71.9 Å². The Morgan fingerprint density at radius 2 is 1.77 bits per heavy atom. The van der Waals surface area contributed by atoms with Gasteiger partial charge in [-0.05, 0) is 42.7 Å². The summed E-state index contributed by atoms with van der Waals surface area (Å²) in [5, 5.41) is 3.13. The summed E-state index contributed by atoms with van der Waals surface area (Å²) in [6.45, 7) is -2.94. The molecule has 6 nitrogen and oxygen atoms in total. The molecular formula is C23H21F2N3O3. The minimum atomic E-state index is -2.94. The lowest BCUT2D eigenvalue weighted by atomic mass is 10.0. The van der Waals surface area contributed by atoms with Crippen LogP contribution in [0.4, 0.5) is 14.5 Å². The Morgan fingerprint density at radius 1 is 1.10 bits per heavy atom. The lowest BCUT2D eigenvalue weighted by Crippen LogP contribution is -2.34. The number of nitrogens with two attached hydrogens (primary N) is 1. The molecule has 0 bridgehead atoms. The Balaban J connectivity index is 1.49. The number of rotatable bonds is 7. The Labute approximate surface area is 178 Å². The Hall–Kier alpha value is -3.68. The largest absolute Gasteiger partial charge is 0.497 e. The molecule has 1 fully saturated rings. The van der Waals surface area contributed by atoms with Crippen LogP contribution in [0.3, 0.4) is 0 Å². The molecule has 0 spiro atoms. The molecule has 1 saturated carbocycles. The fraction of sp³-hybridized carbons (Fsp3) is 0.217. The van der Waals surface area contributed by atoms with Crippen molar-refractivity contribution in [2.45, 2.75) is 25.0 Å². The highest BCUT2D eigenvalue weighted by Crippen LogP contribution is 2.46. The van der Waals surface area contributed by atoms with Crippen molar-refractivity contribution in [2.24, 2.45) is 0 Å². The molecule has 3 aromatic rings. The fourth-order valence-corrected chi connectivity index (χ4v) is 3.46. The minimum Gasteiger partial charge on any atom is -0.497 e. The van der Waals surface area contributed by atoms with Gasteiger partial charge in [0, 0.05) is 17.2 Å². The average molecular weight is 425 g/mol. The number of halogens is 2. The number of pyridine rings is 1. The molecule has 0 radical (unpaired) electrons. The lowest BCUT2D eigenvalue weighted by molar-refractivity contribution is -0.0500. The summed E-state index contributed by atoms with van der Waals surface area (Å²) in [4.78, 5) is 16.8. The SMILES string of the molecule is COc1ccc(C(=O)NC2(c3ccc(-c4ncc(OC(F)F)cc4N)cc3)CC2)cc1. The van der Waals surface area contributed by atoms with Crippen molar-refractivity contribution in [3.63, 3.8) is 0 Å². The third kappa shape index (κ3) is 4.42. The van der Waals surface area contributed by atoms with Crippen LogP contribution in [0.25, 0.3) is 11.3 Å². The number of carbonyl (C=O) groups excluding carboxylic acids is 1. The number of benzene rings is 2. The van der Waals surface area contributed by atoms with E-state index in [1.54, 1.807) is 31.4 Å². The summed E-state index contributed by atoms with van der Waals surface area (Å²) >= 11 is 0. The Bertz CT molecular complexity index is 1080. The molecule has 1 heterocycles. The number of carbonyl (C=O) groups is 1. The van der Waals surface area contributed by atoms with Gasteiger partial charge in [0.2, 0.25) is 0 Å². The number of nitrogens with zero attached hydrogens (tertiary/aromatic N) is 1. The van der Waals surface area contributed by atoms with Crippen LogP contribution in [0.2, 0.25) is 0 Å². The quantitative estimate of drug-likeness (QED) is 0.587. The highest BCUT2D eigenvalue weighted by atomic mass is 19.3. The van der Waals surface area contributed by atoms with Gasteiger partial charge in [-0.1, -0.05) is 24.3 Å². The predicted molar refractivity (Wildman–Crippen MR) is 112 cm³/mol. The number of alkyl halides is 2. The number of ether oxygens (including phenoxy) is 2. The summed E-state index contributed by atoms with van der Waals surface area (Å²) in [5.41, 5.74) is 8.55. The zero-order chi connectivity index (χ0) is 22.0. The first-order valence-corrected chi connectivity index (χ1v) is 9.68. The summed E-state index contributed by atoms with van der Waals surface area (Å²) in [7, 11) is 1.58. The van der Waals surface area contributed by atoms with E-state index in [0.717, 1.165) is 24.0 Å². The normalized spacial score (nSPS) is 14.2. The molecule has 1 aliphatic rings. The minimum absolute atomic E-state index is 0.0916. The monoisotopic (exact) mass is 425 g/mol. The van der Waals surface area contributed by atoms with Crippen molar-refractivity contribution < 1.29 is 23.0 Å². The van der Waals surface area contributed by atoms with E-state index in [9.17, 15) is 13.6 Å². The topological polar surface area (TPSA) is 86.5 Å².